The van der Waals surface area contributed by atoms with Gasteiger partial charge in [-0.2, -0.15) is 0 Å². The Morgan fingerprint density at radius 2 is 0.419 bits per heavy atom. The van der Waals surface area contributed by atoms with Crippen LogP contribution in [0.3, 0.4) is 0 Å². The van der Waals surface area contributed by atoms with Gasteiger partial charge in [0.05, 0.1) is 0 Å². The third kappa shape index (κ3) is 30.1. The van der Waals surface area contributed by atoms with Crippen LogP contribution in [0.4, 0.5) is 0 Å². The van der Waals surface area contributed by atoms with E-state index in [0.29, 0.717) is 0 Å². The molecule has 0 fully saturated rings. The van der Waals surface area contributed by atoms with Gasteiger partial charge in [-0.3, -0.25) is 0 Å². The van der Waals surface area contributed by atoms with Crippen molar-refractivity contribution in [1.29, 1.82) is 0 Å². The number of hydrogen-bond donors (Lipinski definition) is 0. The first-order valence-electron chi connectivity index (χ1n) is 15.4. The minimum Gasteiger partial charge on any atom is -0.0811 e. The lowest BCUT2D eigenvalue weighted by atomic mass is 9.98. The van der Waals surface area contributed by atoms with E-state index in [2.05, 4.69) is 14.8 Å². The van der Waals surface area contributed by atoms with Gasteiger partial charge in [0, 0.05) is 0 Å². The van der Waals surface area contributed by atoms with Crippen molar-refractivity contribution in [2.75, 3.05) is 0 Å². The Labute approximate surface area is 200 Å². The van der Waals surface area contributed by atoms with Crippen molar-refractivity contribution in [1.82, 2.24) is 0 Å². The number of hydrogen-bond acceptors (Lipinski definition) is 0. The fraction of sp³-hybridized carbons (Fsp3) is 1.00. The molecule has 31 heavy (non-hydrogen) atoms. The Kier molecular flexibility index (Phi) is 30.1. The van der Waals surface area contributed by atoms with E-state index in [4.69, 9.17) is 0 Å². The van der Waals surface area contributed by atoms with Crippen LogP contribution >= 0.6 is 0 Å². The van der Waals surface area contributed by atoms with E-state index in [-0.39, 0.29) is 0 Å². The predicted octanol–water partition coefficient (Wildman–Crippen LogP) is 11.0. The van der Waals surface area contributed by atoms with Crippen molar-refractivity contribution >= 4 is 7.85 Å². The van der Waals surface area contributed by atoms with Crippen LogP contribution in [0.5, 0.6) is 0 Å². The maximum atomic E-state index is 2.31. The van der Waals surface area contributed by atoms with Crippen LogP contribution in [0.1, 0.15) is 187 Å². The monoisotopic (exact) mass is 435 g/mol. The summed E-state index contributed by atoms with van der Waals surface area (Å²) in [5.41, 5.74) is 0. The Hall–Kier alpha value is 0.0649. The molecule has 0 aromatic rings. The molecule has 0 aliphatic heterocycles. The van der Waals surface area contributed by atoms with E-state index in [1.54, 1.807) is 0 Å². The average Bonchev–Trinajstić information content (AvgIpc) is 2.78. The first-order chi connectivity index (χ1) is 15.4. The summed E-state index contributed by atoms with van der Waals surface area (Å²) in [6.45, 7) is 2.31. The average molecular weight is 435 g/mol. The summed E-state index contributed by atoms with van der Waals surface area (Å²) in [5.74, 6) is 0. The van der Waals surface area contributed by atoms with Crippen molar-refractivity contribution in [3.05, 3.63) is 0 Å². The van der Waals surface area contributed by atoms with Crippen molar-refractivity contribution < 1.29 is 0 Å². The molecule has 0 amide bonds. The highest BCUT2D eigenvalue weighted by atomic mass is 14.0. The molecule has 0 bridgehead atoms. The molecule has 0 unspecified atom stereocenters. The molecule has 0 rings (SSSR count). The summed E-state index contributed by atoms with van der Waals surface area (Å²) < 4.78 is 0. The number of rotatable bonds is 28. The molecule has 0 aliphatic carbocycles. The standard InChI is InChI=1S/C30H63B/c1-2-3-4-5-6-7-8-9-10-11-12-13-14-15-16-17-18-19-20-21-22-23-24-25-26-27-28-29-30-31/h2-31H2,1H3. The molecule has 0 aromatic heterocycles. The van der Waals surface area contributed by atoms with Gasteiger partial charge in [0.25, 0.3) is 0 Å². The van der Waals surface area contributed by atoms with Crippen LogP contribution in [0.15, 0.2) is 0 Å². The third-order valence-corrected chi connectivity index (χ3v) is 7.21. The SMILES string of the molecule is BCCCCCCCCCCCCCCCCCCCCCCCCCCCCCC. The highest BCUT2D eigenvalue weighted by Crippen LogP contribution is 2.16. The zero-order valence-corrected chi connectivity index (χ0v) is 22.5. The van der Waals surface area contributed by atoms with Crippen LogP contribution < -0.4 is 0 Å². The molecular formula is C30H63B. The van der Waals surface area contributed by atoms with E-state index in [1.807, 2.05) is 0 Å². The Balaban J connectivity index is 2.98. The van der Waals surface area contributed by atoms with Gasteiger partial charge in [-0.05, 0) is 0 Å². The maximum absolute atomic E-state index is 2.31. The normalized spacial score (nSPS) is 11.4. The fourth-order valence-corrected chi connectivity index (χ4v) is 4.92. The minimum absolute atomic E-state index is 1.37. The van der Waals surface area contributed by atoms with Gasteiger partial charge in [0.15, 0.2) is 0 Å². The molecule has 0 heterocycles. The smallest absolute Gasteiger partial charge is 0.0811 e. The second kappa shape index (κ2) is 30.1. The van der Waals surface area contributed by atoms with Crippen LogP contribution in [0.25, 0.3) is 0 Å². The van der Waals surface area contributed by atoms with E-state index in [0.717, 1.165) is 0 Å². The largest absolute Gasteiger partial charge is 0.101 e. The molecule has 0 aromatic carbocycles. The van der Waals surface area contributed by atoms with E-state index in [9.17, 15) is 0 Å². The van der Waals surface area contributed by atoms with Crippen molar-refractivity contribution in [2.45, 2.75) is 193 Å². The summed E-state index contributed by atoms with van der Waals surface area (Å²) in [5, 5.41) is 0. The first-order valence-corrected chi connectivity index (χ1v) is 15.4. The number of unbranched alkanes of at least 4 members (excludes halogenated alkanes) is 27. The lowest BCUT2D eigenvalue weighted by Gasteiger charge is -2.04. The van der Waals surface area contributed by atoms with Crippen molar-refractivity contribution in [2.24, 2.45) is 0 Å². The van der Waals surface area contributed by atoms with Gasteiger partial charge in [0.2, 0.25) is 0 Å². The summed E-state index contributed by atoms with van der Waals surface area (Å²) in [6.07, 6.45) is 42.9. The molecule has 1 heteroatoms. The van der Waals surface area contributed by atoms with Gasteiger partial charge < -0.3 is 0 Å². The van der Waals surface area contributed by atoms with E-state index < -0.39 is 0 Å². The molecular weight excluding hydrogens is 371 g/mol. The second-order valence-corrected chi connectivity index (χ2v) is 10.5. The molecule has 0 atom stereocenters. The fourth-order valence-electron chi connectivity index (χ4n) is 4.92. The van der Waals surface area contributed by atoms with Crippen LogP contribution in [-0.2, 0) is 0 Å². The highest BCUT2D eigenvalue weighted by Gasteiger charge is 1.96. The highest BCUT2D eigenvalue weighted by molar-refractivity contribution is 6.08. The molecule has 0 saturated carbocycles. The van der Waals surface area contributed by atoms with Crippen molar-refractivity contribution in [3.8, 4) is 0 Å². The van der Waals surface area contributed by atoms with Crippen LogP contribution in [0.2, 0.25) is 6.32 Å². The Bertz CT molecular complexity index is 260. The maximum Gasteiger partial charge on any atom is 0.101 e. The Morgan fingerprint density at radius 1 is 0.258 bits per heavy atom. The van der Waals surface area contributed by atoms with Gasteiger partial charge in [-0.25, -0.2) is 0 Å². The zero-order valence-electron chi connectivity index (χ0n) is 22.5. The van der Waals surface area contributed by atoms with Gasteiger partial charge in [-0.15, -0.1) is 0 Å². The zero-order chi connectivity index (χ0) is 22.5. The molecule has 0 spiro atoms. The van der Waals surface area contributed by atoms with E-state index >= 15 is 0 Å². The minimum atomic E-state index is 1.37. The molecule has 0 radical (unpaired) electrons. The molecule has 0 N–H and O–H groups in total. The summed E-state index contributed by atoms with van der Waals surface area (Å²) in [6, 6.07) is 0. The van der Waals surface area contributed by atoms with Crippen LogP contribution in [-0.4, -0.2) is 7.85 Å². The quantitative estimate of drug-likeness (QED) is 0.0848. The molecule has 0 nitrogen and oxygen atoms in total. The topological polar surface area (TPSA) is 0 Å². The third-order valence-electron chi connectivity index (χ3n) is 7.21. The molecule has 0 saturated heterocycles. The van der Waals surface area contributed by atoms with Crippen molar-refractivity contribution in [3.63, 3.8) is 0 Å². The molecule has 186 valence electrons. The lowest BCUT2D eigenvalue weighted by Crippen LogP contribution is -1.85. The summed E-state index contributed by atoms with van der Waals surface area (Å²) in [4.78, 5) is 0. The Morgan fingerprint density at radius 3 is 0.581 bits per heavy atom. The first kappa shape index (κ1) is 31.1. The second-order valence-electron chi connectivity index (χ2n) is 10.5. The summed E-state index contributed by atoms with van der Waals surface area (Å²) in [7, 11) is 2.31. The van der Waals surface area contributed by atoms with Gasteiger partial charge in [0.1, 0.15) is 7.85 Å². The lowest BCUT2D eigenvalue weighted by molar-refractivity contribution is 0.514. The predicted molar refractivity (Wildman–Crippen MR) is 148 cm³/mol. The van der Waals surface area contributed by atoms with Crippen LogP contribution in [0, 0.1) is 0 Å². The van der Waals surface area contributed by atoms with Gasteiger partial charge >= 0.3 is 0 Å². The molecule has 0 aliphatic rings. The summed E-state index contributed by atoms with van der Waals surface area (Å²) >= 11 is 0. The van der Waals surface area contributed by atoms with E-state index in [1.165, 1.54) is 186 Å². The van der Waals surface area contributed by atoms with Gasteiger partial charge in [-0.1, -0.05) is 193 Å².